The van der Waals surface area contributed by atoms with Crippen LogP contribution in [0.3, 0.4) is 0 Å². The Hall–Kier alpha value is -1.60. The Balaban J connectivity index is 3.14. The number of halogens is 3. The third-order valence-corrected chi connectivity index (χ3v) is 3.43. The number of nitrogens with one attached hydrogen (secondary N) is 1. The third kappa shape index (κ3) is 3.94. The molecule has 0 aliphatic heterocycles. The van der Waals surface area contributed by atoms with E-state index in [9.17, 15) is 14.0 Å². The fourth-order valence-corrected chi connectivity index (χ4v) is 1.67. The van der Waals surface area contributed by atoms with E-state index < -0.39 is 17.8 Å². The molecule has 0 fully saturated rings. The predicted octanol–water partition coefficient (Wildman–Crippen LogP) is 2.88. The molecule has 1 N–H and O–H groups in total. The van der Waals surface area contributed by atoms with Crippen molar-refractivity contribution in [3.8, 4) is 0 Å². The van der Waals surface area contributed by atoms with Gasteiger partial charge in [-0.2, -0.15) is 0 Å². The van der Waals surface area contributed by atoms with Crippen LogP contribution in [0.1, 0.15) is 0 Å². The summed E-state index contributed by atoms with van der Waals surface area (Å²) < 4.78 is 23.1. The Morgan fingerprint density at radius 1 is 1.35 bits per heavy atom. The second-order valence-electron chi connectivity index (χ2n) is 3.42. The van der Waals surface area contributed by atoms with Gasteiger partial charge in [0.15, 0.2) is 5.82 Å². The van der Waals surface area contributed by atoms with Crippen molar-refractivity contribution < 1.29 is 23.5 Å². The van der Waals surface area contributed by atoms with Crippen molar-refractivity contribution in [3.63, 3.8) is 0 Å². The molecule has 1 aromatic carbocycles. The van der Waals surface area contributed by atoms with Gasteiger partial charge in [0.05, 0.1) is 31.0 Å². The Labute approximate surface area is 127 Å². The van der Waals surface area contributed by atoms with E-state index in [4.69, 9.17) is 11.6 Å². The van der Waals surface area contributed by atoms with Gasteiger partial charge in [-0.3, -0.25) is 0 Å². The van der Waals surface area contributed by atoms with Gasteiger partial charge in [0.1, 0.15) is 5.70 Å². The molecule has 8 heteroatoms. The molecule has 1 aromatic rings. The van der Waals surface area contributed by atoms with E-state index in [1.165, 1.54) is 12.1 Å². The molecular weight excluding hydrogens is 356 g/mol. The minimum absolute atomic E-state index is 0.0845. The zero-order chi connectivity index (χ0) is 15.3. The van der Waals surface area contributed by atoms with Crippen molar-refractivity contribution in [1.29, 1.82) is 0 Å². The highest BCUT2D eigenvalue weighted by Crippen LogP contribution is 2.30. The monoisotopic (exact) mass is 365 g/mol. The molecule has 5 nitrogen and oxygen atoms in total. The summed E-state index contributed by atoms with van der Waals surface area (Å²) in [7, 11) is 2.27. The normalized spacial score (nSPS) is 10.9. The third-order valence-electron chi connectivity index (χ3n) is 2.17. The molecule has 1 rings (SSSR count). The highest BCUT2D eigenvalue weighted by atomic mass is 79.9. The molecule has 20 heavy (non-hydrogen) atoms. The lowest BCUT2D eigenvalue weighted by molar-refractivity contribution is -0.138. The molecule has 0 radical (unpaired) electrons. The maximum Gasteiger partial charge on any atom is 0.354 e. The average Bonchev–Trinajstić information content (AvgIpc) is 2.45. The summed E-state index contributed by atoms with van der Waals surface area (Å²) in [5.74, 6) is -2.42. The first kappa shape index (κ1) is 16.5. The summed E-state index contributed by atoms with van der Waals surface area (Å²) in [5.41, 5.74) is -0.365. The molecule has 0 spiro atoms. The molecule has 0 aromatic heterocycles. The lowest BCUT2D eigenvalue weighted by atomic mass is 10.2. The number of hydrogen-bond acceptors (Lipinski definition) is 5. The summed E-state index contributed by atoms with van der Waals surface area (Å²) in [6, 6.07) is 2.83. The number of methoxy groups -OCH3 is 2. The number of carbonyl (C=O) groups excluding carboxylic acids is 2. The Morgan fingerprint density at radius 3 is 2.55 bits per heavy atom. The van der Waals surface area contributed by atoms with Crippen LogP contribution < -0.4 is 5.32 Å². The van der Waals surface area contributed by atoms with E-state index >= 15 is 0 Å². The largest absolute Gasteiger partial charge is 0.466 e. The molecule has 0 aliphatic rings. The van der Waals surface area contributed by atoms with Crippen LogP contribution in [-0.4, -0.2) is 26.2 Å². The van der Waals surface area contributed by atoms with Crippen molar-refractivity contribution in [1.82, 2.24) is 0 Å². The molecule has 0 bridgehead atoms. The zero-order valence-corrected chi connectivity index (χ0v) is 12.8. The van der Waals surface area contributed by atoms with Crippen LogP contribution in [-0.2, 0) is 19.1 Å². The molecule has 108 valence electrons. The standard InChI is InChI=1S/C12H10BrClFNO4/c1-19-9(17)5-8(12(18)20-2)16-7-4-3-6(13)10(14)11(7)15/h3-5,16H,1-2H3/b8-5+. The first-order valence-corrected chi connectivity index (χ1v) is 6.36. The van der Waals surface area contributed by atoms with E-state index in [1.54, 1.807) is 0 Å². The van der Waals surface area contributed by atoms with Gasteiger partial charge in [0.25, 0.3) is 0 Å². The van der Waals surface area contributed by atoms with E-state index in [1.807, 2.05) is 0 Å². The second-order valence-corrected chi connectivity index (χ2v) is 4.65. The molecule has 0 unspecified atom stereocenters. The summed E-state index contributed by atoms with van der Waals surface area (Å²) in [4.78, 5) is 22.7. The van der Waals surface area contributed by atoms with Crippen molar-refractivity contribution >= 4 is 45.2 Å². The van der Waals surface area contributed by atoms with Crippen molar-refractivity contribution in [2.75, 3.05) is 19.5 Å². The fourth-order valence-electron chi connectivity index (χ4n) is 1.20. The summed E-state index contributed by atoms with van der Waals surface area (Å²) >= 11 is 8.78. The second kappa shape index (κ2) is 7.25. The Kier molecular flexibility index (Phi) is 5.97. The fraction of sp³-hybridized carbons (Fsp3) is 0.167. The summed E-state index contributed by atoms with van der Waals surface area (Å²) in [6.07, 6.45) is 0.848. The van der Waals surface area contributed by atoms with Gasteiger partial charge in [-0.1, -0.05) is 11.6 Å². The van der Waals surface area contributed by atoms with Crippen molar-refractivity contribution in [2.45, 2.75) is 0 Å². The van der Waals surface area contributed by atoms with Gasteiger partial charge in [0, 0.05) is 4.47 Å². The van der Waals surface area contributed by atoms with Gasteiger partial charge in [-0.25, -0.2) is 14.0 Å². The van der Waals surface area contributed by atoms with Crippen molar-refractivity contribution in [3.05, 3.63) is 39.2 Å². The van der Waals surface area contributed by atoms with E-state index in [0.29, 0.717) is 4.47 Å². The molecule has 0 saturated heterocycles. The maximum absolute atomic E-state index is 13.9. The predicted molar refractivity (Wildman–Crippen MR) is 74.8 cm³/mol. The van der Waals surface area contributed by atoms with Crippen LogP contribution in [0, 0.1) is 5.82 Å². The Morgan fingerprint density at radius 2 is 2.00 bits per heavy atom. The minimum Gasteiger partial charge on any atom is -0.466 e. The first-order valence-electron chi connectivity index (χ1n) is 5.19. The van der Waals surface area contributed by atoms with Gasteiger partial charge in [-0.15, -0.1) is 0 Å². The number of benzene rings is 1. The van der Waals surface area contributed by atoms with E-state index in [0.717, 1.165) is 20.3 Å². The summed E-state index contributed by atoms with van der Waals surface area (Å²) in [5, 5.41) is 2.28. The number of carbonyl (C=O) groups is 2. The van der Waals surface area contributed by atoms with Crippen LogP contribution in [0.25, 0.3) is 0 Å². The number of rotatable bonds is 4. The number of hydrogen-bond donors (Lipinski definition) is 1. The highest BCUT2D eigenvalue weighted by molar-refractivity contribution is 9.10. The van der Waals surface area contributed by atoms with E-state index in [2.05, 4.69) is 30.7 Å². The molecular formula is C12H10BrClFNO4. The molecule has 0 heterocycles. The number of ether oxygens (including phenoxy) is 2. The minimum atomic E-state index is -0.853. The van der Waals surface area contributed by atoms with Crippen LogP contribution in [0.15, 0.2) is 28.4 Å². The van der Waals surface area contributed by atoms with Gasteiger partial charge in [0.2, 0.25) is 0 Å². The Bertz CT molecular complexity index is 577. The summed E-state index contributed by atoms with van der Waals surface area (Å²) in [6.45, 7) is 0. The smallest absolute Gasteiger partial charge is 0.354 e. The highest BCUT2D eigenvalue weighted by Gasteiger charge is 2.16. The SMILES string of the molecule is COC(=O)/C=C(/Nc1ccc(Br)c(Cl)c1F)C(=O)OC. The maximum atomic E-state index is 13.9. The first-order chi connectivity index (χ1) is 9.40. The molecule has 0 aliphatic carbocycles. The topological polar surface area (TPSA) is 64.6 Å². The zero-order valence-electron chi connectivity index (χ0n) is 10.5. The van der Waals surface area contributed by atoms with Gasteiger partial charge >= 0.3 is 11.9 Å². The van der Waals surface area contributed by atoms with E-state index in [-0.39, 0.29) is 16.4 Å². The number of esters is 2. The van der Waals surface area contributed by atoms with Crippen LogP contribution in [0.4, 0.5) is 10.1 Å². The molecule has 0 amide bonds. The van der Waals surface area contributed by atoms with Crippen LogP contribution in [0.2, 0.25) is 5.02 Å². The average molecular weight is 367 g/mol. The molecule has 0 atom stereocenters. The number of anilines is 1. The quantitative estimate of drug-likeness (QED) is 0.504. The van der Waals surface area contributed by atoms with Gasteiger partial charge in [-0.05, 0) is 28.1 Å². The van der Waals surface area contributed by atoms with Gasteiger partial charge < -0.3 is 14.8 Å². The lowest BCUT2D eigenvalue weighted by Gasteiger charge is -2.11. The van der Waals surface area contributed by atoms with Crippen LogP contribution >= 0.6 is 27.5 Å². The lowest BCUT2D eigenvalue weighted by Crippen LogP contribution is -2.16. The van der Waals surface area contributed by atoms with Crippen molar-refractivity contribution in [2.24, 2.45) is 0 Å². The van der Waals surface area contributed by atoms with Crippen LogP contribution in [0.5, 0.6) is 0 Å². The molecule has 0 saturated carbocycles.